The van der Waals surface area contributed by atoms with E-state index in [1.807, 2.05) is 0 Å². The highest BCUT2D eigenvalue weighted by Gasteiger charge is 2.40. The Labute approximate surface area is 81.9 Å². The first kappa shape index (κ1) is 10.8. The largest absolute Gasteiger partial charge is 0.458 e. The van der Waals surface area contributed by atoms with Gasteiger partial charge in [0.2, 0.25) is 10.1 Å². The molecule has 1 rings (SSSR count). The average Bonchev–Trinajstić information content (AvgIpc) is 2.51. The van der Waals surface area contributed by atoms with Gasteiger partial charge in [0.15, 0.2) is 0 Å². The van der Waals surface area contributed by atoms with E-state index in [1.54, 1.807) is 0 Å². The molecule has 78 valence electrons. The standard InChI is InChI=1S/C6H7F2N3O2S/c1-2-3(12)13-6(7,8)4-10-11-5(9)14-4/h2H2,1H3,(H2,9,11). The lowest BCUT2D eigenvalue weighted by molar-refractivity contribution is -0.240. The van der Waals surface area contributed by atoms with Gasteiger partial charge in [-0.1, -0.05) is 18.3 Å². The zero-order chi connectivity index (χ0) is 10.8. The van der Waals surface area contributed by atoms with E-state index < -0.39 is 17.1 Å². The zero-order valence-electron chi connectivity index (χ0n) is 7.16. The molecule has 14 heavy (non-hydrogen) atoms. The predicted octanol–water partition coefficient (Wildman–Crippen LogP) is 1.12. The van der Waals surface area contributed by atoms with E-state index in [0.717, 1.165) is 0 Å². The van der Waals surface area contributed by atoms with Crippen molar-refractivity contribution >= 4 is 22.4 Å². The predicted molar refractivity (Wildman–Crippen MR) is 44.6 cm³/mol. The normalized spacial score (nSPS) is 11.4. The van der Waals surface area contributed by atoms with E-state index in [-0.39, 0.29) is 11.6 Å². The van der Waals surface area contributed by atoms with Crippen molar-refractivity contribution in [3.63, 3.8) is 0 Å². The van der Waals surface area contributed by atoms with Crippen molar-refractivity contribution in [3.8, 4) is 0 Å². The van der Waals surface area contributed by atoms with Gasteiger partial charge in [-0.3, -0.25) is 4.79 Å². The summed E-state index contributed by atoms with van der Waals surface area (Å²) in [5.41, 5.74) is 5.11. The third-order valence-corrected chi connectivity index (χ3v) is 2.02. The number of hydrogen-bond acceptors (Lipinski definition) is 6. The molecule has 0 fully saturated rings. The minimum atomic E-state index is -3.75. The van der Waals surface area contributed by atoms with Crippen LogP contribution in [-0.2, 0) is 15.6 Å². The lowest BCUT2D eigenvalue weighted by Crippen LogP contribution is -2.22. The van der Waals surface area contributed by atoms with Crippen molar-refractivity contribution in [1.29, 1.82) is 0 Å². The molecule has 1 aromatic rings. The molecule has 1 aromatic heterocycles. The van der Waals surface area contributed by atoms with Crippen LogP contribution in [0.1, 0.15) is 18.4 Å². The number of nitrogens with zero attached hydrogens (tertiary/aromatic N) is 2. The summed E-state index contributed by atoms with van der Waals surface area (Å²) in [6, 6.07) is 0. The quantitative estimate of drug-likeness (QED) is 0.777. The van der Waals surface area contributed by atoms with Crippen LogP contribution in [0.4, 0.5) is 13.9 Å². The van der Waals surface area contributed by atoms with E-state index in [9.17, 15) is 13.6 Å². The van der Waals surface area contributed by atoms with Crippen LogP contribution >= 0.6 is 11.3 Å². The number of rotatable bonds is 3. The SMILES string of the molecule is CCC(=O)OC(F)(F)c1nnc(N)s1. The highest BCUT2D eigenvalue weighted by atomic mass is 32.1. The Kier molecular flexibility index (Phi) is 2.94. The van der Waals surface area contributed by atoms with Gasteiger partial charge >= 0.3 is 12.1 Å². The first-order valence-electron chi connectivity index (χ1n) is 3.65. The second kappa shape index (κ2) is 3.82. The number of alkyl halides is 2. The molecule has 0 aliphatic heterocycles. The Morgan fingerprint density at radius 2 is 2.29 bits per heavy atom. The van der Waals surface area contributed by atoms with Crippen LogP contribution in [0.2, 0.25) is 0 Å². The zero-order valence-corrected chi connectivity index (χ0v) is 7.98. The van der Waals surface area contributed by atoms with Crippen LogP contribution < -0.4 is 5.73 Å². The van der Waals surface area contributed by atoms with E-state index in [1.165, 1.54) is 6.92 Å². The maximum atomic E-state index is 13.0. The number of carbonyl (C=O) groups excluding carboxylic acids is 1. The van der Waals surface area contributed by atoms with Crippen molar-refractivity contribution in [1.82, 2.24) is 10.2 Å². The van der Waals surface area contributed by atoms with Gasteiger partial charge in [-0.15, -0.1) is 10.2 Å². The van der Waals surface area contributed by atoms with Gasteiger partial charge in [0.25, 0.3) is 0 Å². The Hall–Kier alpha value is -1.31. The fraction of sp³-hybridized carbons (Fsp3) is 0.500. The van der Waals surface area contributed by atoms with Crippen LogP contribution in [0.5, 0.6) is 0 Å². The molecule has 0 amide bonds. The summed E-state index contributed by atoms with van der Waals surface area (Å²) in [4.78, 5) is 10.6. The number of carbonyl (C=O) groups is 1. The molecule has 1 heterocycles. The molecule has 5 nitrogen and oxygen atoms in total. The van der Waals surface area contributed by atoms with Gasteiger partial charge in [-0.2, -0.15) is 8.78 Å². The monoisotopic (exact) mass is 223 g/mol. The summed E-state index contributed by atoms with van der Waals surface area (Å²) in [5.74, 6) is -1.01. The second-order valence-electron chi connectivity index (χ2n) is 2.29. The summed E-state index contributed by atoms with van der Waals surface area (Å²) in [7, 11) is 0. The third-order valence-electron chi connectivity index (χ3n) is 1.22. The topological polar surface area (TPSA) is 78.1 Å². The molecule has 0 saturated carbocycles. The molecule has 0 unspecified atom stereocenters. The van der Waals surface area contributed by atoms with Crippen LogP contribution in [0.25, 0.3) is 0 Å². The molecule has 0 aliphatic rings. The van der Waals surface area contributed by atoms with E-state index in [2.05, 4.69) is 14.9 Å². The molecular formula is C6H7F2N3O2S. The summed E-state index contributed by atoms with van der Waals surface area (Å²) < 4.78 is 29.9. The first-order valence-corrected chi connectivity index (χ1v) is 4.46. The minimum absolute atomic E-state index is 0.104. The molecule has 0 aliphatic carbocycles. The number of nitrogens with two attached hydrogens (primary N) is 1. The van der Waals surface area contributed by atoms with Gasteiger partial charge in [-0.05, 0) is 0 Å². The lowest BCUT2D eigenvalue weighted by atomic mass is 10.5. The van der Waals surface area contributed by atoms with Crippen molar-refractivity contribution in [2.75, 3.05) is 5.73 Å². The highest BCUT2D eigenvalue weighted by molar-refractivity contribution is 7.15. The number of hydrogen-bond donors (Lipinski definition) is 1. The van der Waals surface area contributed by atoms with Crippen molar-refractivity contribution in [2.24, 2.45) is 0 Å². The molecule has 0 radical (unpaired) electrons. The Balaban J connectivity index is 2.79. The third kappa shape index (κ3) is 2.34. The van der Waals surface area contributed by atoms with E-state index in [4.69, 9.17) is 5.73 Å². The highest BCUT2D eigenvalue weighted by Crippen LogP contribution is 2.32. The van der Waals surface area contributed by atoms with E-state index in [0.29, 0.717) is 11.3 Å². The molecule has 0 aromatic carbocycles. The summed E-state index contributed by atoms with van der Waals surface area (Å²) in [6.45, 7) is 1.41. The van der Waals surface area contributed by atoms with Crippen molar-refractivity contribution in [3.05, 3.63) is 5.01 Å². The Morgan fingerprint density at radius 1 is 1.64 bits per heavy atom. The van der Waals surface area contributed by atoms with Crippen molar-refractivity contribution in [2.45, 2.75) is 19.5 Å². The maximum absolute atomic E-state index is 13.0. The number of aromatic nitrogens is 2. The van der Waals surface area contributed by atoms with Gasteiger partial charge < -0.3 is 10.5 Å². The molecule has 8 heteroatoms. The van der Waals surface area contributed by atoms with Crippen LogP contribution in [-0.4, -0.2) is 16.2 Å². The van der Waals surface area contributed by atoms with Crippen molar-refractivity contribution < 1.29 is 18.3 Å². The molecule has 0 saturated heterocycles. The number of anilines is 1. The van der Waals surface area contributed by atoms with Gasteiger partial charge in [-0.25, -0.2) is 0 Å². The lowest BCUT2D eigenvalue weighted by Gasteiger charge is -2.11. The maximum Gasteiger partial charge on any atom is 0.458 e. The van der Waals surface area contributed by atoms with E-state index >= 15 is 0 Å². The molecule has 0 spiro atoms. The summed E-state index contributed by atoms with van der Waals surface area (Å²) in [6.07, 6.45) is -3.88. The fourth-order valence-electron chi connectivity index (χ4n) is 0.611. The minimum Gasteiger partial charge on any atom is -0.395 e. The van der Waals surface area contributed by atoms with Gasteiger partial charge in [0.1, 0.15) is 0 Å². The summed E-state index contributed by atoms with van der Waals surface area (Å²) in [5, 5.41) is 5.45. The molecule has 0 atom stereocenters. The van der Waals surface area contributed by atoms with Crippen LogP contribution in [0.3, 0.4) is 0 Å². The fourth-order valence-corrected chi connectivity index (χ4v) is 1.13. The summed E-state index contributed by atoms with van der Waals surface area (Å²) >= 11 is 0.475. The van der Waals surface area contributed by atoms with Crippen LogP contribution in [0.15, 0.2) is 0 Å². The average molecular weight is 223 g/mol. The van der Waals surface area contributed by atoms with Gasteiger partial charge in [0.05, 0.1) is 0 Å². The first-order chi connectivity index (χ1) is 6.45. The number of nitrogen functional groups attached to an aromatic ring is 1. The van der Waals surface area contributed by atoms with Crippen LogP contribution in [0, 0.1) is 0 Å². The Bertz CT molecular complexity index is 342. The number of halogens is 2. The Morgan fingerprint density at radius 3 is 2.71 bits per heavy atom. The van der Waals surface area contributed by atoms with Gasteiger partial charge in [0, 0.05) is 6.42 Å². The molecular weight excluding hydrogens is 216 g/mol. The number of esters is 1. The molecule has 2 N–H and O–H groups in total. The smallest absolute Gasteiger partial charge is 0.395 e. The molecule has 0 bridgehead atoms. The number of ether oxygens (including phenoxy) is 1. The second-order valence-corrected chi connectivity index (χ2v) is 3.30.